The average Bonchev–Trinajstić information content (AvgIpc) is 2.48. The van der Waals surface area contributed by atoms with Crippen molar-refractivity contribution in [3.05, 3.63) is 35.4 Å². The molecule has 1 rings (SSSR count). The molecule has 0 spiro atoms. The van der Waals surface area contributed by atoms with E-state index in [1.54, 1.807) is 13.2 Å². The molecular formula is C17H23NO3. The van der Waals surface area contributed by atoms with Crippen LogP contribution in [0.15, 0.2) is 24.3 Å². The van der Waals surface area contributed by atoms with Crippen LogP contribution in [0.25, 0.3) is 0 Å². The number of rotatable bonds is 7. The highest BCUT2D eigenvalue weighted by molar-refractivity contribution is 5.96. The number of hydrogen-bond donors (Lipinski definition) is 2. The van der Waals surface area contributed by atoms with E-state index < -0.39 is 0 Å². The quantitative estimate of drug-likeness (QED) is 0.755. The summed E-state index contributed by atoms with van der Waals surface area (Å²) in [4.78, 5) is 12.4. The Kier molecular flexibility index (Phi) is 8.18. The predicted molar refractivity (Wildman–Crippen MR) is 83.1 cm³/mol. The van der Waals surface area contributed by atoms with E-state index in [1.807, 2.05) is 18.2 Å². The van der Waals surface area contributed by atoms with Gasteiger partial charge in [-0.2, -0.15) is 0 Å². The zero-order chi connectivity index (χ0) is 15.5. The largest absolute Gasteiger partial charge is 0.395 e. The second-order valence-electron chi connectivity index (χ2n) is 4.74. The number of nitrogens with one attached hydrogen (secondary N) is 1. The lowest BCUT2D eigenvalue weighted by Gasteiger charge is -2.17. The molecule has 21 heavy (non-hydrogen) atoms. The topological polar surface area (TPSA) is 58.6 Å². The van der Waals surface area contributed by atoms with E-state index >= 15 is 0 Å². The zero-order valence-corrected chi connectivity index (χ0v) is 12.7. The minimum Gasteiger partial charge on any atom is -0.395 e. The normalized spacial score (nSPS) is 11.4. The van der Waals surface area contributed by atoms with Gasteiger partial charge < -0.3 is 15.2 Å². The first kappa shape index (κ1) is 17.2. The van der Waals surface area contributed by atoms with Crippen molar-refractivity contribution >= 4 is 5.91 Å². The molecule has 1 aromatic rings. The third-order valence-corrected chi connectivity index (χ3v) is 2.97. The minimum atomic E-state index is -0.139. The Morgan fingerprint density at radius 3 is 2.86 bits per heavy atom. The molecule has 0 fully saturated rings. The van der Waals surface area contributed by atoms with Gasteiger partial charge in [0.1, 0.15) is 0 Å². The summed E-state index contributed by atoms with van der Waals surface area (Å²) in [6.45, 7) is 2.59. The lowest BCUT2D eigenvalue weighted by atomic mass is 10.1. The van der Waals surface area contributed by atoms with Gasteiger partial charge in [0.2, 0.25) is 0 Å². The average molecular weight is 289 g/mol. The third-order valence-electron chi connectivity index (χ3n) is 2.97. The Hall–Kier alpha value is -1.83. The molecule has 4 heteroatoms. The first-order chi connectivity index (χ1) is 10.2. The van der Waals surface area contributed by atoms with Crippen molar-refractivity contribution in [1.82, 2.24) is 5.32 Å². The van der Waals surface area contributed by atoms with E-state index in [9.17, 15) is 4.79 Å². The first-order valence-electron chi connectivity index (χ1n) is 7.21. The Labute approximate surface area is 126 Å². The molecule has 114 valence electrons. The molecule has 0 radical (unpaired) electrons. The molecule has 0 aliphatic heterocycles. The van der Waals surface area contributed by atoms with E-state index in [0.717, 1.165) is 12.8 Å². The molecule has 0 saturated carbocycles. The minimum absolute atomic E-state index is 0.00552. The van der Waals surface area contributed by atoms with Crippen LogP contribution in [0.5, 0.6) is 0 Å². The van der Waals surface area contributed by atoms with Gasteiger partial charge in [-0.05, 0) is 18.6 Å². The number of ether oxygens (including phenoxy) is 1. The molecule has 0 saturated heterocycles. The van der Waals surface area contributed by atoms with Gasteiger partial charge in [0.25, 0.3) is 5.91 Å². The molecule has 0 aliphatic carbocycles. The number of aliphatic hydroxyl groups excluding tert-OH is 1. The maximum absolute atomic E-state index is 12.4. The monoisotopic (exact) mass is 289 g/mol. The first-order valence-corrected chi connectivity index (χ1v) is 7.21. The van der Waals surface area contributed by atoms with Crippen LogP contribution in [0.3, 0.4) is 0 Å². The lowest BCUT2D eigenvalue weighted by Crippen LogP contribution is -2.38. The van der Waals surface area contributed by atoms with Crippen molar-refractivity contribution in [3.63, 3.8) is 0 Å². The van der Waals surface area contributed by atoms with Gasteiger partial charge in [-0.1, -0.05) is 37.3 Å². The van der Waals surface area contributed by atoms with Crippen LogP contribution in [-0.2, 0) is 4.74 Å². The Balaban J connectivity index is 2.84. The molecule has 1 aromatic carbocycles. The summed E-state index contributed by atoms with van der Waals surface area (Å²) in [6, 6.07) is 7.24. The number of benzene rings is 1. The smallest absolute Gasteiger partial charge is 0.252 e. The summed E-state index contributed by atoms with van der Waals surface area (Å²) in [5, 5.41) is 11.7. The van der Waals surface area contributed by atoms with Crippen LogP contribution in [0, 0.1) is 11.8 Å². The molecular weight excluding hydrogens is 266 g/mol. The molecule has 1 atom stereocenters. The molecule has 1 unspecified atom stereocenters. The molecule has 0 heterocycles. The fraction of sp³-hybridized carbons (Fsp3) is 0.471. The summed E-state index contributed by atoms with van der Waals surface area (Å²) in [6.07, 6.45) is 2.25. The van der Waals surface area contributed by atoms with Crippen molar-refractivity contribution in [3.8, 4) is 11.8 Å². The summed E-state index contributed by atoms with van der Waals surface area (Å²) in [5.74, 6) is 5.64. The lowest BCUT2D eigenvalue weighted by molar-refractivity contribution is 0.0891. The van der Waals surface area contributed by atoms with E-state index in [4.69, 9.17) is 9.84 Å². The SMILES string of the molecule is CCCC(COC)NC(=O)c1ccccc1C#CCCO. The van der Waals surface area contributed by atoms with Gasteiger partial charge in [0.05, 0.1) is 24.8 Å². The highest BCUT2D eigenvalue weighted by Crippen LogP contribution is 2.09. The Morgan fingerprint density at radius 2 is 2.19 bits per heavy atom. The summed E-state index contributed by atoms with van der Waals surface area (Å²) >= 11 is 0. The molecule has 1 amide bonds. The number of carbonyl (C=O) groups excluding carboxylic acids is 1. The van der Waals surface area contributed by atoms with Crippen LogP contribution in [0.4, 0.5) is 0 Å². The predicted octanol–water partition coefficient (Wildman–Crippen LogP) is 1.97. The number of carbonyl (C=O) groups is 1. The van der Waals surface area contributed by atoms with Crippen molar-refractivity contribution in [2.75, 3.05) is 20.3 Å². The molecule has 4 nitrogen and oxygen atoms in total. The standard InChI is InChI=1S/C17H23NO3/c1-3-8-15(13-21-2)18-17(20)16-11-5-4-9-14(16)10-6-7-12-19/h4-5,9,11,15,19H,3,7-8,12-13H2,1-2H3,(H,18,20). The van der Waals surface area contributed by atoms with Crippen LogP contribution in [0.2, 0.25) is 0 Å². The molecule has 0 bridgehead atoms. The number of hydrogen-bond acceptors (Lipinski definition) is 3. The van der Waals surface area contributed by atoms with E-state index in [2.05, 4.69) is 24.1 Å². The van der Waals surface area contributed by atoms with Crippen LogP contribution in [0.1, 0.15) is 42.1 Å². The van der Waals surface area contributed by atoms with E-state index in [1.165, 1.54) is 0 Å². The fourth-order valence-corrected chi connectivity index (χ4v) is 2.01. The highest BCUT2D eigenvalue weighted by atomic mass is 16.5. The van der Waals surface area contributed by atoms with Gasteiger partial charge in [0, 0.05) is 19.1 Å². The van der Waals surface area contributed by atoms with Gasteiger partial charge in [0.15, 0.2) is 0 Å². The van der Waals surface area contributed by atoms with Gasteiger partial charge in [-0.15, -0.1) is 0 Å². The van der Waals surface area contributed by atoms with Crippen LogP contribution in [-0.4, -0.2) is 37.4 Å². The van der Waals surface area contributed by atoms with Crippen LogP contribution < -0.4 is 5.32 Å². The van der Waals surface area contributed by atoms with Gasteiger partial charge in [-0.25, -0.2) is 0 Å². The van der Waals surface area contributed by atoms with Crippen LogP contribution >= 0.6 is 0 Å². The second kappa shape index (κ2) is 9.98. The zero-order valence-electron chi connectivity index (χ0n) is 12.7. The van der Waals surface area contributed by atoms with Crippen molar-refractivity contribution in [2.45, 2.75) is 32.2 Å². The van der Waals surface area contributed by atoms with Crippen molar-refractivity contribution < 1.29 is 14.6 Å². The van der Waals surface area contributed by atoms with Crippen molar-refractivity contribution in [2.24, 2.45) is 0 Å². The number of methoxy groups -OCH3 is 1. The number of amides is 1. The van der Waals surface area contributed by atoms with E-state index in [0.29, 0.717) is 24.2 Å². The molecule has 2 N–H and O–H groups in total. The van der Waals surface area contributed by atoms with E-state index in [-0.39, 0.29) is 18.6 Å². The fourth-order valence-electron chi connectivity index (χ4n) is 2.01. The highest BCUT2D eigenvalue weighted by Gasteiger charge is 2.14. The maximum atomic E-state index is 12.4. The Morgan fingerprint density at radius 1 is 1.43 bits per heavy atom. The second-order valence-corrected chi connectivity index (χ2v) is 4.74. The maximum Gasteiger partial charge on any atom is 0.252 e. The van der Waals surface area contributed by atoms with Gasteiger partial charge >= 0.3 is 0 Å². The summed E-state index contributed by atoms with van der Waals surface area (Å²) in [5.41, 5.74) is 1.23. The van der Waals surface area contributed by atoms with Crippen molar-refractivity contribution in [1.29, 1.82) is 0 Å². The molecule has 0 aliphatic rings. The summed E-state index contributed by atoms with van der Waals surface area (Å²) in [7, 11) is 1.63. The van der Waals surface area contributed by atoms with Gasteiger partial charge in [-0.3, -0.25) is 4.79 Å². The Bertz CT molecular complexity index is 496. The number of aliphatic hydroxyl groups is 1. The third kappa shape index (κ3) is 5.99. The molecule has 0 aromatic heterocycles. The summed E-state index contributed by atoms with van der Waals surface area (Å²) < 4.78 is 5.13.